The van der Waals surface area contributed by atoms with Crippen molar-refractivity contribution in [3.63, 3.8) is 0 Å². The summed E-state index contributed by atoms with van der Waals surface area (Å²) in [6, 6.07) is 19.5. The SMILES string of the molecule is CCCCN1C(=O)c2cccc3c(NC(=O)OCc4ccc(O[Si](CC)(CC)CC)cc4)ccc(c23)C1=O. The molecule has 1 aliphatic rings. The molecule has 0 saturated carbocycles. The van der Waals surface area contributed by atoms with Crippen molar-refractivity contribution in [1.29, 1.82) is 0 Å². The van der Waals surface area contributed by atoms with Gasteiger partial charge in [-0.25, -0.2) is 4.79 Å². The van der Waals surface area contributed by atoms with Gasteiger partial charge >= 0.3 is 6.09 Å². The lowest BCUT2D eigenvalue weighted by atomic mass is 9.93. The van der Waals surface area contributed by atoms with Gasteiger partial charge in [0.05, 0.1) is 5.69 Å². The molecule has 3 aromatic carbocycles. The Morgan fingerprint density at radius 3 is 2.16 bits per heavy atom. The second-order valence-corrected chi connectivity index (χ2v) is 14.4. The Kier molecular flexibility index (Phi) is 8.51. The molecule has 3 aromatic rings. The monoisotopic (exact) mass is 532 g/mol. The Hall–Kier alpha value is -3.65. The average molecular weight is 533 g/mol. The number of carbonyl (C=O) groups excluding carboxylic acids is 3. The van der Waals surface area contributed by atoms with Gasteiger partial charge in [0.15, 0.2) is 0 Å². The van der Waals surface area contributed by atoms with Gasteiger partial charge in [0.2, 0.25) is 8.32 Å². The summed E-state index contributed by atoms with van der Waals surface area (Å²) in [5.41, 5.74) is 2.27. The second-order valence-electron chi connectivity index (χ2n) is 9.70. The third-order valence-electron chi connectivity index (χ3n) is 7.52. The number of unbranched alkanes of at least 4 members (excludes halogenated alkanes) is 1. The lowest BCUT2D eigenvalue weighted by molar-refractivity contribution is 0.0608. The van der Waals surface area contributed by atoms with Crippen LogP contribution in [-0.2, 0) is 11.3 Å². The molecule has 0 atom stereocenters. The minimum absolute atomic E-state index is 0.106. The van der Waals surface area contributed by atoms with Gasteiger partial charge < -0.3 is 9.16 Å². The van der Waals surface area contributed by atoms with Gasteiger partial charge in [0.25, 0.3) is 11.8 Å². The zero-order valence-electron chi connectivity index (χ0n) is 22.6. The number of nitrogens with zero attached hydrogens (tertiary/aromatic N) is 1. The number of amides is 3. The molecule has 0 radical (unpaired) electrons. The van der Waals surface area contributed by atoms with Crippen LogP contribution < -0.4 is 9.74 Å². The highest BCUT2D eigenvalue weighted by Crippen LogP contribution is 2.34. The predicted molar refractivity (Wildman–Crippen MR) is 152 cm³/mol. The Morgan fingerprint density at radius 1 is 0.868 bits per heavy atom. The molecule has 200 valence electrons. The van der Waals surface area contributed by atoms with E-state index in [9.17, 15) is 14.4 Å². The van der Waals surface area contributed by atoms with Gasteiger partial charge in [0.1, 0.15) is 12.4 Å². The maximum Gasteiger partial charge on any atom is 0.411 e. The smallest absolute Gasteiger partial charge is 0.411 e. The first-order valence-electron chi connectivity index (χ1n) is 13.5. The summed E-state index contributed by atoms with van der Waals surface area (Å²) in [7, 11) is -1.74. The third kappa shape index (κ3) is 5.45. The topological polar surface area (TPSA) is 84.9 Å². The van der Waals surface area contributed by atoms with Gasteiger partial charge in [-0.1, -0.05) is 58.4 Å². The lowest BCUT2D eigenvalue weighted by Gasteiger charge is -2.29. The number of anilines is 1. The Labute approximate surface area is 225 Å². The number of hydrogen-bond acceptors (Lipinski definition) is 5. The first-order valence-corrected chi connectivity index (χ1v) is 16.0. The largest absolute Gasteiger partial charge is 0.544 e. The second kappa shape index (κ2) is 11.8. The summed E-state index contributed by atoms with van der Waals surface area (Å²) >= 11 is 0. The minimum atomic E-state index is -1.74. The highest BCUT2D eigenvalue weighted by atomic mass is 28.4. The quantitative estimate of drug-likeness (QED) is 0.206. The van der Waals surface area contributed by atoms with E-state index in [0.717, 1.165) is 42.3 Å². The molecule has 0 bridgehead atoms. The van der Waals surface area contributed by atoms with Crippen LogP contribution in [-0.4, -0.2) is 37.7 Å². The van der Waals surface area contributed by atoms with Crippen LogP contribution in [0.15, 0.2) is 54.6 Å². The molecule has 0 unspecified atom stereocenters. The van der Waals surface area contributed by atoms with Crippen molar-refractivity contribution in [3.8, 4) is 5.75 Å². The number of rotatable bonds is 11. The number of benzene rings is 3. The zero-order chi connectivity index (χ0) is 27.3. The third-order valence-corrected chi connectivity index (χ3v) is 12.1. The molecule has 3 amide bonds. The number of nitrogens with one attached hydrogen (secondary N) is 1. The highest BCUT2D eigenvalue weighted by molar-refractivity contribution is 6.74. The fourth-order valence-corrected chi connectivity index (χ4v) is 7.51. The Bertz CT molecular complexity index is 1300. The van der Waals surface area contributed by atoms with E-state index >= 15 is 0 Å². The molecule has 1 heterocycles. The summed E-state index contributed by atoms with van der Waals surface area (Å²) < 4.78 is 11.9. The van der Waals surface area contributed by atoms with Crippen molar-refractivity contribution in [3.05, 3.63) is 71.3 Å². The molecule has 0 aromatic heterocycles. The Balaban J connectivity index is 1.45. The zero-order valence-corrected chi connectivity index (χ0v) is 23.6. The van der Waals surface area contributed by atoms with Crippen molar-refractivity contribution in [1.82, 2.24) is 4.90 Å². The molecule has 8 heteroatoms. The van der Waals surface area contributed by atoms with Crippen LogP contribution in [0.3, 0.4) is 0 Å². The summed E-state index contributed by atoms with van der Waals surface area (Å²) in [6.45, 7) is 9.10. The van der Waals surface area contributed by atoms with Crippen molar-refractivity contribution >= 4 is 42.7 Å². The van der Waals surface area contributed by atoms with Crippen molar-refractivity contribution < 1.29 is 23.5 Å². The fourth-order valence-electron chi connectivity index (χ4n) is 4.94. The molecular formula is C30H36N2O5Si. The van der Waals surface area contributed by atoms with E-state index < -0.39 is 14.4 Å². The van der Waals surface area contributed by atoms with E-state index in [1.54, 1.807) is 30.3 Å². The Morgan fingerprint density at radius 2 is 1.53 bits per heavy atom. The number of hydrogen-bond donors (Lipinski definition) is 1. The van der Waals surface area contributed by atoms with Crippen molar-refractivity contribution in [2.24, 2.45) is 0 Å². The molecule has 38 heavy (non-hydrogen) atoms. The van der Waals surface area contributed by atoms with Gasteiger partial charge in [-0.3, -0.25) is 19.8 Å². The van der Waals surface area contributed by atoms with Crippen LogP contribution in [0.4, 0.5) is 10.5 Å². The van der Waals surface area contributed by atoms with Gasteiger partial charge in [-0.05, 0) is 60.4 Å². The summed E-state index contributed by atoms with van der Waals surface area (Å²) in [5, 5.41) is 3.98. The fraction of sp³-hybridized carbons (Fsp3) is 0.367. The summed E-state index contributed by atoms with van der Waals surface area (Å²) in [6.07, 6.45) is 1.02. The van der Waals surface area contributed by atoms with Crippen molar-refractivity contribution in [2.45, 2.75) is 65.3 Å². The van der Waals surface area contributed by atoms with Crippen LogP contribution in [0, 0.1) is 0 Å². The van der Waals surface area contributed by atoms with Crippen LogP contribution in [0.25, 0.3) is 10.8 Å². The maximum absolute atomic E-state index is 13.1. The molecule has 0 saturated heterocycles. The molecule has 7 nitrogen and oxygen atoms in total. The van der Waals surface area contributed by atoms with Gasteiger partial charge in [0, 0.05) is 28.4 Å². The lowest BCUT2D eigenvalue weighted by Crippen LogP contribution is -2.40. The number of ether oxygens (including phenoxy) is 1. The van der Waals surface area contributed by atoms with E-state index in [1.807, 2.05) is 31.2 Å². The van der Waals surface area contributed by atoms with Crippen molar-refractivity contribution in [2.75, 3.05) is 11.9 Å². The summed E-state index contributed by atoms with van der Waals surface area (Å²) in [4.78, 5) is 40.1. The van der Waals surface area contributed by atoms with Crippen LogP contribution in [0.5, 0.6) is 5.75 Å². The molecule has 0 aliphatic carbocycles. The standard InChI is InChI=1S/C30H36N2O5Si/c1-5-9-19-32-28(33)24-12-10-11-23-26(18-17-25(27(23)24)29(32)34)31-30(35)36-20-21-13-15-22(16-14-21)37-38(6-2,7-3)8-4/h10-18H,5-9,19-20H2,1-4H3,(H,31,35). The molecule has 0 spiro atoms. The predicted octanol–water partition coefficient (Wildman–Crippen LogP) is 7.37. The number of imide groups is 1. The van der Waals surface area contributed by atoms with Crippen LogP contribution in [0.1, 0.15) is 66.8 Å². The van der Waals surface area contributed by atoms with E-state index in [-0.39, 0.29) is 18.4 Å². The van der Waals surface area contributed by atoms with E-state index in [4.69, 9.17) is 9.16 Å². The first-order chi connectivity index (χ1) is 18.4. The molecular weight excluding hydrogens is 496 g/mol. The normalized spacial score (nSPS) is 13.1. The number of carbonyl (C=O) groups is 3. The van der Waals surface area contributed by atoms with Crippen LogP contribution in [0.2, 0.25) is 18.1 Å². The molecule has 4 rings (SSSR count). The maximum atomic E-state index is 13.1. The van der Waals surface area contributed by atoms with E-state index in [2.05, 4.69) is 26.1 Å². The minimum Gasteiger partial charge on any atom is -0.544 e. The average Bonchev–Trinajstić information content (AvgIpc) is 2.95. The highest BCUT2D eigenvalue weighted by Gasteiger charge is 2.33. The van der Waals surface area contributed by atoms with Crippen LogP contribution >= 0.6 is 0 Å². The van der Waals surface area contributed by atoms with Gasteiger partial charge in [-0.15, -0.1) is 0 Å². The van der Waals surface area contributed by atoms with Gasteiger partial charge in [-0.2, -0.15) is 0 Å². The first kappa shape index (κ1) is 27.4. The van der Waals surface area contributed by atoms with E-state index in [0.29, 0.717) is 34.1 Å². The molecule has 1 aliphatic heterocycles. The molecule has 0 fully saturated rings. The summed E-state index contributed by atoms with van der Waals surface area (Å²) in [5.74, 6) is 0.257. The van der Waals surface area contributed by atoms with E-state index in [1.165, 1.54) is 4.90 Å². The molecule has 1 N–H and O–H groups in total.